The van der Waals surface area contributed by atoms with Crippen LogP contribution in [0, 0.1) is 5.92 Å². The second-order valence-corrected chi connectivity index (χ2v) is 4.85. The van der Waals surface area contributed by atoms with Crippen LogP contribution in [0.3, 0.4) is 0 Å². The second kappa shape index (κ2) is 6.43. The molecular weight excluding hydrogens is 190 g/mol. The predicted octanol–water partition coefficient (Wildman–Crippen LogP) is -0.156. The van der Waals surface area contributed by atoms with E-state index in [0.29, 0.717) is 6.61 Å². The first-order chi connectivity index (χ1) is 7.11. The number of methoxy groups -OCH3 is 1. The fourth-order valence-electron chi connectivity index (χ4n) is 2.36. The van der Waals surface area contributed by atoms with E-state index in [4.69, 9.17) is 10.5 Å². The highest BCUT2D eigenvalue weighted by Crippen LogP contribution is 2.14. The molecule has 2 N–H and O–H groups in total. The maximum absolute atomic E-state index is 5.91. The van der Waals surface area contributed by atoms with E-state index in [1.165, 1.54) is 19.5 Å². The lowest BCUT2D eigenvalue weighted by atomic mass is 10.1. The minimum Gasteiger partial charge on any atom is -0.383 e. The Morgan fingerprint density at radius 1 is 1.60 bits per heavy atom. The first-order valence-corrected chi connectivity index (χ1v) is 5.73. The molecule has 0 aromatic heterocycles. The van der Waals surface area contributed by atoms with Gasteiger partial charge in [-0.2, -0.15) is 0 Å². The number of likely N-dealkylation sites (N-methyl/N-ethyl adjacent to an activating group) is 1. The molecule has 90 valence electrons. The number of nitrogens with two attached hydrogens (primary N) is 1. The Kier molecular flexibility index (Phi) is 5.53. The Labute approximate surface area is 93.4 Å². The molecule has 15 heavy (non-hydrogen) atoms. The number of hydrogen-bond acceptors (Lipinski definition) is 4. The van der Waals surface area contributed by atoms with Crippen molar-refractivity contribution >= 4 is 0 Å². The van der Waals surface area contributed by atoms with Crippen molar-refractivity contribution in [2.75, 3.05) is 54.0 Å². The third-order valence-electron chi connectivity index (χ3n) is 2.99. The third kappa shape index (κ3) is 4.93. The zero-order valence-electron chi connectivity index (χ0n) is 10.3. The molecule has 1 aliphatic rings. The molecule has 0 saturated carbocycles. The monoisotopic (exact) mass is 215 g/mol. The van der Waals surface area contributed by atoms with Crippen LogP contribution in [0.5, 0.6) is 0 Å². The van der Waals surface area contributed by atoms with Crippen LogP contribution in [0.2, 0.25) is 0 Å². The maximum Gasteiger partial charge on any atom is 0.0626 e. The summed E-state index contributed by atoms with van der Waals surface area (Å²) < 4.78 is 5.03. The van der Waals surface area contributed by atoms with Gasteiger partial charge in [-0.3, -0.25) is 0 Å². The summed E-state index contributed by atoms with van der Waals surface area (Å²) in [5.74, 6) is 0.815. The van der Waals surface area contributed by atoms with E-state index in [-0.39, 0.29) is 6.04 Å². The van der Waals surface area contributed by atoms with E-state index >= 15 is 0 Å². The van der Waals surface area contributed by atoms with Gasteiger partial charge in [-0.05, 0) is 33.0 Å². The number of rotatable bonds is 6. The Morgan fingerprint density at radius 2 is 2.33 bits per heavy atom. The summed E-state index contributed by atoms with van der Waals surface area (Å²) in [4.78, 5) is 4.72. The average Bonchev–Trinajstić information content (AvgIpc) is 2.51. The smallest absolute Gasteiger partial charge is 0.0626 e. The molecule has 0 bridgehead atoms. The minimum atomic E-state index is 0.138. The number of likely N-dealkylation sites (tertiary alicyclic amines) is 1. The fraction of sp³-hybridized carbons (Fsp3) is 1.00. The molecule has 1 saturated heterocycles. The van der Waals surface area contributed by atoms with E-state index in [1.807, 2.05) is 0 Å². The highest BCUT2D eigenvalue weighted by molar-refractivity contribution is 4.76. The molecule has 0 radical (unpaired) electrons. The van der Waals surface area contributed by atoms with Crippen LogP contribution in [-0.4, -0.2) is 69.8 Å². The van der Waals surface area contributed by atoms with Crippen LogP contribution >= 0.6 is 0 Å². The third-order valence-corrected chi connectivity index (χ3v) is 2.99. The van der Waals surface area contributed by atoms with Gasteiger partial charge in [-0.15, -0.1) is 0 Å². The fourth-order valence-corrected chi connectivity index (χ4v) is 2.36. The molecule has 4 nitrogen and oxygen atoms in total. The molecule has 0 aromatic rings. The van der Waals surface area contributed by atoms with Gasteiger partial charge in [0.15, 0.2) is 0 Å². The van der Waals surface area contributed by atoms with E-state index in [0.717, 1.165) is 19.0 Å². The first kappa shape index (κ1) is 12.9. The molecule has 0 aliphatic carbocycles. The van der Waals surface area contributed by atoms with Crippen molar-refractivity contribution in [3.8, 4) is 0 Å². The summed E-state index contributed by atoms with van der Waals surface area (Å²) in [6.45, 7) is 5.19. The highest BCUT2D eigenvalue weighted by atomic mass is 16.5. The van der Waals surface area contributed by atoms with E-state index in [1.54, 1.807) is 7.11 Å². The van der Waals surface area contributed by atoms with Crippen LogP contribution in [0.15, 0.2) is 0 Å². The number of ether oxygens (including phenoxy) is 1. The van der Waals surface area contributed by atoms with Gasteiger partial charge in [0.05, 0.1) is 6.61 Å². The molecule has 1 aliphatic heterocycles. The lowest BCUT2D eigenvalue weighted by molar-refractivity contribution is 0.156. The van der Waals surface area contributed by atoms with Crippen LogP contribution in [-0.2, 0) is 4.74 Å². The van der Waals surface area contributed by atoms with Gasteiger partial charge < -0.3 is 20.3 Å². The van der Waals surface area contributed by atoms with Crippen molar-refractivity contribution < 1.29 is 4.74 Å². The van der Waals surface area contributed by atoms with Crippen molar-refractivity contribution in [3.05, 3.63) is 0 Å². The zero-order chi connectivity index (χ0) is 11.3. The Morgan fingerprint density at radius 3 is 2.87 bits per heavy atom. The SMILES string of the molecule is COCC(N)CN(C)CC1CCN(C)C1. The van der Waals surface area contributed by atoms with Crippen molar-refractivity contribution in [2.24, 2.45) is 11.7 Å². The van der Waals surface area contributed by atoms with Crippen molar-refractivity contribution in [2.45, 2.75) is 12.5 Å². The van der Waals surface area contributed by atoms with Crippen molar-refractivity contribution in [1.82, 2.24) is 9.80 Å². The second-order valence-electron chi connectivity index (χ2n) is 4.85. The highest BCUT2D eigenvalue weighted by Gasteiger charge is 2.21. The van der Waals surface area contributed by atoms with Crippen LogP contribution in [0.25, 0.3) is 0 Å². The molecule has 1 fully saturated rings. The topological polar surface area (TPSA) is 41.7 Å². The summed E-state index contributed by atoms with van der Waals surface area (Å²) in [6.07, 6.45) is 1.32. The lowest BCUT2D eigenvalue weighted by Crippen LogP contribution is -2.40. The van der Waals surface area contributed by atoms with Gasteiger partial charge in [-0.25, -0.2) is 0 Å². The summed E-state index contributed by atoms with van der Waals surface area (Å²) >= 11 is 0. The number of hydrogen-bond donors (Lipinski definition) is 1. The molecule has 1 rings (SSSR count). The van der Waals surface area contributed by atoms with Gasteiger partial charge >= 0.3 is 0 Å². The van der Waals surface area contributed by atoms with Crippen molar-refractivity contribution in [1.29, 1.82) is 0 Å². The normalized spacial score (nSPS) is 25.0. The average molecular weight is 215 g/mol. The molecular formula is C11H25N3O. The van der Waals surface area contributed by atoms with E-state index in [2.05, 4.69) is 23.9 Å². The Bertz CT molecular complexity index is 177. The van der Waals surface area contributed by atoms with Gasteiger partial charge in [0.25, 0.3) is 0 Å². The molecule has 2 unspecified atom stereocenters. The Hall–Kier alpha value is -0.160. The largest absolute Gasteiger partial charge is 0.383 e. The quantitative estimate of drug-likeness (QED) is 0.669. The number of nitrogens with zero attached hydrogens (tertiary/aromatic N) is 2. The van der Waals surface area contributed by atoms with Gasteiger partial charge in [0.1, 0.15) is 0 Å². The molecule has 2 atom stereocenters. The Balaban J connectivity index is 2.15. The maximum atomic E-state index is 5.91. The van der Waals surface area contributed by atoms with Crippen LogP contribution in [0.1, 0.15) is 6.42 Å². The van der Waals surface area contributed by atoms with Crippen molar-refractivity contribution in [3.63, 3.8) is 0 Å². The van der Waals surface area contributed by atoms with Crippen LogP contribution in [0.4, 0.5) is 0 Å². The molecule has 0 amide bonds. The first-order valence-electron chi connectivity index (χ1n) is 5.73. The van der Waals surface area contributed by atoms with E-state index < -0.39 is 0 Å². The summed E-state index contributed by atoms with van der Waals surface area (Å²) in [7, 11) is 6.04. The summed E-state index contributed by atoms with van der Waals surface area (Å²) in [5.41, 5.74) is 5.91. The van der Waals surface area contributed by atoms with Crippen LogP contribution < -0.4 is 5.73 Å². The molecule has 1 heterocycles. The minimum absolute atomic E-state index is 0.138. The van der Waals surface area contributed by atoms with Gasteiger partial charge in [-0.1, -0.05) is 0 Å². The molecule has 0 aromatic carbocycles. The summed E-state index contributed by atoms with van der Waals surface area (Å²) in [6, 6.07) is 0.138. The molecule has 0 spiro atoms. The molecule has 4 heteroatoms. The van der Waals surface area contributed by atoms with Gasteiger partial charge in [0.2, 0.25) is 0 Å². The zero-order valence-corrected chi connectivity index (χ0v) is 10.3. The lowest BCUT2D eigenvalue weighted by Gasteiger charge is -2.23. The predicted molar refractivity (Wildman–Crippen MR) is 63.0 cm³/mol. The van der Waals surface area contributed by atoms with Gasteiger partial charge in [0, 0.05) is 32.8 Å². The summed E-state index contributed by atoms with van der Waals surface area (Å²) in [5, 5.41) is 0. The van der Waals surface area contributed by atoms with E-state index in [9.17, 15) is 0 Å². The standard InChI is InChI=1S/C11H25N3O/c1-13-5-4-10(6-13)7-14(2)8-11(12)9-15-3/h10-11H,4-9,12H2,1-3H3.